The van der Waals surface area contributed by atoms with Crippen molar-refractivity contribution in [3.63, 3.8) is 0 Å². The van der Waals surface area contributed by atoms with E-state index in [1.54, 1.807) is 31.4 Å². The monoisotopic (exact) mass is 425 g/mol. The number of carbonyl (C=O) groups excluding carboxylic acids is 1. The number of benzene rings is 3. The second-order valence-corrected chi connectivity index (χ2v) is 7.27. The summed E-state index contributed by atoms with van der Waals surface area (Å²) in [6.07, 6.45) is 1.44. The van der Waals surface area contributed by atoms with E-state index in [1.807, 2.05) is 55.5 Å². The zero-order chi connectivity index (χ0) is 22.3. The van der Waals surface area contributed by atoms with Gasteiger partial charge in [0, 0.05) is 23.7 Å². The van der Waals surface area contributed by atoms with Gasteiger partial charge in [-0.15, -0.1) is 0 Å². The van der Waals surface area contributed by atoms with Crippen molar-refractivity contribution in [1.29, 1.82) is 0 Å². The van der Waals surface area contributed by atoms with Gasteiger partial charge in [-0.1, -0.05) is 42.0 Å². The van der Waals surface area contributed by atoms with Crippen molar-refractivity contribution in [2.75, 3.05) is 7.11 Å². The summed E-state index contributed by atoms with van der Waals surface area (Å²) in [6.45, 7) is 2.50. The molecule has 0 bridgehead atoms. The summed E-state index contributed by atoms with van der Waals surface area (Å²) < 4.78 is 11.0. The Morgan fingerprint density at radius 1 is 0.906 bits per heavy atom. The van der Waals surface area contributed by atoms with Crippen LogP contribution in [0.1, 0.15) is 21.5 Å². The van der Waals surface area contributed by atoms with Gasteiger partial charge in [0.1, 0.15) is 17.8 Å². The summed E-state index contributed by atoms with van der Waals surface area (Å²) in [5.41, 5.74) is 4.25. The van der Waals surface area contributed by atoms with Crippen LogP contribution in [-0.4, -0.2) is 23.0 Å². The first-order chi connectivity index (χ1) is 15.6. The molecule has 4 rings (SSSR count). The first-order valence-electron chi connectivity index (χ1n) is 10.2. The van der Waals surface area contributed by atoms with Crippen molar-refractivity contribution >= 4 is 5.91 Å². The van der Waals surface area contributed by atoms with Crippen LogP contribution in [0.4, 0.5) is 0 Å². The molecule has 0 spiro atoms. The Bertz CT molecular complexity index is 1220. The van der Waals surface area contributed by atoms with Crippen molar-refractivity contribution in [3.05, 3.63) is 102 Å². The molecule has 0 aliphatic heterocycles. The molecule has 0 aliphatic rings. The molecular formula is C26H23N3O3. The van der Waals surface area contributed by atoms with E-state index in [1.165, 1.54) is 6.33 Å². The molecule has 4 aromatic rings. The molecule has 160 valence electrons. The number of methoxy groups -OCH3 is 1. The van der Waals surface area contributed by atoms with Gasteiger partial charge in [-0.05, 0) is 48.9 Å². The first kappa shape index (κ1) is 21.1. The molecule has 6 nitrogen and oxygen atoms in total. The van der Waals surface area contributed by atoms with Crippen LogP contribution < -0.4 is 14.8 Å². The molecule has 1 N–H and O–H groups in total. The van der Waals surface area contributed by atoms with Gasteiger partial charge >= 0.3 is 0 Å². The Hall–Kier alpha value is -4.19. The standard InChI is InChI=1S/C26H23N3O3/c1-18-5-3-6-19(13-18)16-27-26(30)21-8-4-7-20(14-21)24-15-25(29-17-28-24)32-23-11-9-22(31-2)10-12-23/h3-15,17H,16H2,1-2H3,(H,27,30). The van der Waals surface area contributed by atoms with Crippen LogP contribution in [0.15, 0.2) is 85.2 Å². The predicted octanol–water partition coefficient (Wildman–Crippen LogP) is 5.18. The molecule has 0 saturated heterocycles. The number of nitrogens with one attached hydrogen (secondary N) is 1. The van der Waals surface area contributed by atoms with Crippen LogP contribution in [0.25, 0.3) is 11.3 Å². The van der Waals surface area contributed by atoms with Crippen molar-refractivity contribution in [2.24, 2.45) is 0 Å². The fourth-order valence-electron chi connectivity index (χ4n) is 3.24. The summed E-state index contributed by atoms with van der Waals surface area (Å²) in [5.74, 6) is 1.66. The number of carbonyl (C=O) groups is 1. The molecule has 0 fully saturated rings. The highest BCUT2D eigenvalue weighted by atomic mass is 16.5. The SMILES string of the molecule is COc1ccc(Oc2cc(-c3cccc(C(=O)NCc4cccc(C)c4)c3)ncn2)cc1. The third-order valence-electron chi connectivity index (χ3n) is 4.88. The van der Waals surface area contributed by atoms with Crippen molar-refractivity contribution in [3.8, 4) is 28.6 Å². The lowest BCUT2D eigenvalue weighted by Gasteiger charge is -2.09. The average molecular weight is 425 g/mol. The first-order valence-corrected chi connectivity index (χ1v) is 10.2. The Kier molecular flexibility index (Phi) is 6.41. The minimum absolute atomic E-state index is 0.142. The van der Waals surface area contributed by atoms with Crippen LogP contribution in [-0.2, 0) is 6.54 Å². The number of aromatic nitrogens is 2. The molecule has 0 aliphatic carbocycles. The lowest BCUT2D eigenvalue weighted by Crippen LogP contribution is -2.22. The molecule has 1 heterocycles. The molecule has 1 amide bonds. The third kappa shape index (κ3) is 5.29. The zero-order valence-electron chi connectivity index (χ0n) is 17.9. The number of hydrogen-bond donors (Lipinski definition) is 1. The topological polar surface area (TPSA) is 73.3 Å². The Morgan fingerprint density at radius 3 is 2.47 bits per heavy atom. The predicted molar refractivity (Wildman–Crippen MR) is 123 cm³/mol. The summed E-state index contributed by atoms with van der Waals surface area (Å²) >= 11 is 0. The van der Waals surface area contributed by atoms with Crippen LogP contribution in [0.5, 0.6) is 17.4 Å². The van der Waals surface area contributed by atoms with E-state index < -0.39 is 0 Å². The third-order valence-corrected chi connectivity index (χ3v) is 4.88. The van der Waals surface area contributed by atoms with Crippen LogP contribution in [0.3, 0.4) is 0 Å². The summed E-state index contributed by atoms with van der Waals surface area (Å²) in [7, 11) is 1.61. The number of nitrogens with zero attached hydrogens (tertiary/aromatic N) is 2. The maximum absolute atomic E-state index is 12.7. The van der Waals surface area contributed by atoms with E-state index in [0.717, 1.165) is 22.4 Å². The smallest absolute Gasteiger partial charge is 0.251 e. The summed E-state index contributed by atoms with van der Waals surface area (Å²) in [4.78, 5) is 21.2. The Balaban J connectivity index is 1.47. The molecule has 6 heteroatoms. The highest BCUT2D eigenvalue weighted by molar-refractivity contribution is 5.95. The largest absolute Gasteiger partial charge is 0.497 e. The van der Waals surface area contributed by atoms with E-state index in [4.69, 9.17) is 9.47 Å². The van der Waals surface area contributed by atoms with Gasteiger partial charge < -0.3 is 14.8 Å². The maximum atomic E-state index is 12.7. The normalized spacial score (nSPS) is 10.4. The summed E-state index contributed by atoms with van der Waals surface area (Å²) in [5, 5.41) is 2.97. The number of hydrogen-bond acceptors (Lipinski definition) is 5. The zero-order valence-corrected chi connectivity index (χ0v) is 17.9. The van der Waals surface area contributed by atoms with Gasteiger partial charge in [-0.25, -0.2) is 9.97 Å². The van der Waals surface area contributed by atoms with Crippen LogP contribution in [0, 0.1) is 6.92 Å². The number of rotatable bonds is 7. The molecule has 32 heavy (non-hydrogen) atoms. The summed E-state index contributed by atoms with van der Waals surface area (Å²) in [6, 6.07) is 24.4. The maximum Gasteiger partial charge on any atom is 0.251 e. The molecule has 3 aromatic carbocycles. The second kappa shape index (κ2) is 9.75. The molecule has 1 aromatic heterocycles. The molecule has 0 unspecified atom stereocenters. The second-order valence-electron chi connectivity index (χ2n) is 7.27. The minimum atomic E-state index is -0.142. The fraction of sp³-hybridized carbons (Fsp3) is 0.115. The number of amides is 1. The Labute approximate surface area is 186 Å². The van der Waals surface area contributed by atoms with Gasteiger partial charge in [0.2, 0.25) is 5.88 Å². The van der Waals surface area contributed by atoms with Gasteiger partial charge in [-0.3, -0.25) is 4.79 Å². The fourth-order valence-corrected chi connectivity index (χ4v) is 3.24. The average Bonchev–Trinajstić information content (AvgIpc) is 2.83. The minimum Gasteiger partial charge on any atom is -0.497 e. The van der Waals surface area contributed by atoms with Crippen molar-refractivity contribution < 1.29 is 14.3 Å². The molecule has 0 radical (unpaired) electrons. The van der Waals surface area contributed by atoms with Crippen LogP contribution in [0.2, 0.25) is 0 Å². The van der Waals surface area contributed by atoms with Gasteiger partial charge in [0.05, 0.1) is 12.8 Å². The molecule has 0 atom stereocenters. The van der Waals surface area contributed by atoms with E-state index >= 15 is 0 Å². The molecule has 0 saturated carbocycles. The quantitative estimate of drug-likeness (QED) is 0.441. The van der Waals surface area contributed by atoms with E-state index in [-0.39, 0.29) is 5.91 Å². The highest BCUT2D eigenvalue weighted by Gasteiger charge is 2.09. The van der Waals surface area contributed by atoms with E-state index in [9.17, 15) is 4.79 Å². The van der Waals surface area contributed by atoms with Crippen molar-refractivity contribution in [1.82, 2.24) is 15.3 Å². The van der Waals surface area contributed by atoms with E-state index in [2.05, 4.69) is 21.4 Å². The van der Waals surface area contributed by atoms with Crippen LogP contribution >= 0.6 is 0 Å². The van der Waals surface area contributed by atoms with Crippen molar-refractivity contribution in [2.45, 2.75) is 13.5 Å². The number of ether oxygens (including phenoxy) is 2. The Morgan fingerprint density at radius 2 is 1.69 bits per heavy atom. The van der Waals surface area contributed by atoms with Gasteiger partial charge in [0.15, 0.2) is 0 Å². The van der Waals surface area contributed by atoms with Gasteiger partial charge in [0.25, 0.3) is 5.91 Å². The van der Waals surface area contributed by atoms with Gasteiger partial charge in [-0.2, -0.15) is 0 Å². The van der Waals surface area contributed by atoms with E-state index in [0.29, 0.717) is 29.4 Å². The lowest BCUT2D eigenvalue weighted by atomic mass is 10.1. The highest BCUT2D eigenvalue weighted by Crippen LogP contribution is 2.25. The number of aryl methyl sites for hydroxylation is 1. The lowest BCUT2D eigenvalue weighted by molar-refractivity contribution is 0.0951. The molecular weight excluding hydrogens is 402 g/mol.